The second-order valence-corrected chi connectivity index (χ2v) is 6.29. The van der Waals surface area contributed by atoms with E-state index in [1.807, 2.05) is 0 Å². The van der Waals surface area contributed by atoms with Gasteiger partial charge in [0.05, 0.1) is 19.9 Å². The van der Waals surface area contributed by atoms with Gasteiger partial charge in [0.2, 0.25) is 0 Å². The summed E-state index contributed by atoms with van der Waals surface area (Å²) < 4.78 is 16.2. The van der Waals surface area contributed by atoms with Crippen molar-refractivity contribution in [2.24, 2.45) is 5.92 Å². The van der Waals surface area contributed by atoms with Crippen molar-refractivity contribution in [3.05, 3.63) is 18.2 Å². The van der Waals surface area contributed by atoms with Gasteiger partial charge in [0.25, 0.3) is 0 Å². The van der Waals surface area contributed by atoms with Crippen molar-refractivity contribution in [3.8, 4) is 11.5 Å². The molecule has 2 amide bonds. The van der Waals surface area contributed by atoms with Crippen LogP contribution < -0.4 is 20.1 Å². The molecule has 0 spiro atoms. The highest BCUT2D eigenvalue weighted by Crippen LogP contribution is 2.28. The summed E-state index contributed by atoms with van der Waals surface area (Å²) >= 11 is 0. The molecule has 0 aliphatic carbocycles. The molecule has 0 aliphatic heterocycles. The van der Waals surface area contributed by atoms with Crippen molar-refractivity contribution < 1.29 is 19.0 Å². The van der Waals surface area contributed by atoms with Crippen molar-refractivity contribution in [2.75, 3.05) is 39.3 Å². The predicted molar refractivity (Wildman–Crippen MR) is 105 cm³/mol. The number of anilines is 1. The molecule has 1 aromatic carbocycles. The second-order valence-electron chi connectivity index (χ2n) is 6.29. The lowest BCUT2D eigenvalue weighted by Gasteiger charge is -2.15. The Morgan fingerprint density at radius 3 is 2.62 bits per heavy atom. The van der Waals surface area contributed by atoms with Gasteiger partial charge in [0, 0.05) is 25.8 Å². The SMILES string of the molecule is CCCCC(CC)COCCCNC(=O)Nc1cc(OC)ccc1OC. The van der Waals surface area contributed by atoms with E-state index in [2.05, 4.69) is 24.5 Å². The summed E-state index contributed by atoms with van der Waals surface area (Å²) in [6.45, 7) is 6.45. The summed E-state index contributed by atoms with van der Waals surface area (Å²) in [5, 5.41) is 5.61. The van der Waals surface area contributed by atoms with E-state index in [4.69, 9.17) is 14.2 Å². The normalized spacial score (nSPS) is 11.7. The Morgan fingerprint density at radius 1 is 1.15 bits per heavy atom. The second kappa shape index (κ2) is 13.3. The van der Waals surface area contributed by atoms with E-state index in [0.717, 1.165) is 19.4 Å². The molecule has 2 N–H and O–H groups in total. The van der Waals surface area contributed by atoms with Crippen molar-refractivity contribution in [3.63, 3.8) is 0 Å². The molecule has 6 heteroatoms. The minimum absolute atomic E-state index is 0.272. The molecule has 0 saturated heterocycles. The molecule has 1 unspecified atom stereocenters. The minimum Gasteiger partial charge on any atom is -0.497 e. The van der Waals surface area contributed by atoms with Gasteiger partial charge in [-0.15, -0.1) is 0 Å². The number of amides is 2. The summed E-state index contributed by atoms with van der Waals surface area (Å²) in [6, 6.07) is 4.99. The quantitative estimate of drug-likeness (QED) is 0.506. The zero-order valence-electron chi connectivity index (χ0n) is 16.6. The van der Waals surface area contributed by atoms with Gasteiger partial charge in [-0.05, 0) is 30.9 Å². The predicted octanol–water partition coefficient (Wildman–Crippen LogP) is 4.45. The zero-order valence-corrected chi connectivity index (χ0v) is 16.6. The van der Waals surface area contributed by atoms with E-state index in [1.54, 1.807) is 32.4 Å². The zero-order chi connectivity index (χ0) is 19.2. The standard InChI is InChI=1S/C20H34N2O4/c1-5-7-9-16(6-2)15-26-13-8-12-21-20(23)22-18-14-17(24-3)10-11-19(18)25-4/h10-11,14,16H,5-9,12-13,15H2,1-4H3,(H2,21,22,23). The van der Waals surface area contributed by atoms with Crippen molar-refractivity contribution in [1.82, 2.24) is 5.32 Å². The van der Waals surface area contributed by atoms with Crippen LogP contribution in [0.25, 0.3) is 0 Å². The first kappa shape index (κ1) is 22.1. The smallest absolute Gasteiger partial charge is 0.319 e. The van der Waals surface area contributed by atoms with E-state index < -0.39 is 0 Å². The molecule has 0 fully saturated rings. The fourth-order valence-corrected chi connectivity index (χ4v) is 2.60. The Hall–Kier alpha value is -1.95. The first-order chi connectivity index (χ1) is 12.6. The van der Waals surface area contributed by atoms with E-state index in [9.17, 15) is 4.79 Å². The van der Waals surface area contributed by atoms with Crippen LogP contribution in [0.2, 0.25) is 0 Å². The number of carbonyl (C=O) groups is 1. The highest BCUT2D eigenvalue weighted by molar-refractivity contribution is 5.91. The number of unbranched alkanes of at least 4 members (excludes halogenated alkanes) is 1. The molecular formula is C20H34N2O4. The molecule has 26 heavy (non-hydrogen) atoms. The van der Waals surface area contributed by atoms with Crippen LogP contribution in [-0.4, -0.2) is 40.0 Å². The first-order valence-corrected chi connectivity index (χ1v) is 9.49. The van der Waals surface area contributed by atoms with Gasteiger partial charge >= 0.3 is 6.03 Å². The summed E-state index contributed by atoms with van der Waals surface area (Å²) in [4.78, 5) is 12.0. The maximum atomic E-state index is 12.0. The van der Waals surface area contributed by atoms with Crippen LogP contribution in [0.1, 0.15) is 46.0 Å². The molecule has 6 nitrogen and oxygen atoms in total. The average Bonchev–Trinajstić information content (AvgIpc) is 2.66. The van der Waals surface area contributed by atoms with Gasteiger partial charge in [-0.2, -0.15) is 0 Å². The number of nitrogens with one attached hydrogen (secondary N) is 2. The Morgan fingerprint density at radius 2 is 1.96 bits per heavy atom. The fraction of sp³-hybridized carbons (Fsp3) is 0.650. The van der Waals surface area contributed by atoms with Gasteiger partial charge in [-0.3, -0.25) is 0 Å². The summed E-state index contributed by atoms with van der Waals surface area (Å²) in [5.74, 6) is 1.89. The van der Waals surface area contributed by atoms with Gasteiger partial charge in [0.15, 0.2) is 0 Å². The van der Waals surface area contributed by atoms with Crippen LogP contribution >= 0.6 is 0 Å². The number of ether oxygens (including phenoxy) is 3. The molecule has 0 heterocycles. The lowest BCUT2D eigenvalue weighted by Crippen LogP contribution is -2.30. The van der Waals surface area contributed by atoms with Crippen LogP contribution in [0.5, 0.6) is 11.5 Å². The Kier molecular flexibility index (Phi) is 11.3. The number of benzene rings is 1. The summed E-state index contributed by atoms with van der Waals surface area (Å²) in [5.41, 5.74) is 0.572. The minimum atomic E-state index is -0.272. The third kappa shape index (κ3) is 8.43. The monoisotopic (exact) mass is 366 g/mol. The van der Waals surface area contributed by atoms with Gasteiger partial charge in [0.1, 0.15) is 11.5 Å². The third-order valence-electron chi connectivity index (χ3n) is 4.30. The van der Waals surface area contributed by atoms with Crippen LogP contribution in [0.4, 0.5) is 10.5 Å². The fourth-order valence-electron chi connectivity index (χ4n) is 2.60. The van der Waals surface area contributed by atoms with Crippen LogP contribution in [-0.2, 0) is 4.74 Å². The summed E-state index contributed by atoms with van der Waals surface area (Å²) in [7, 11) is 3.14. The number of methoxy groups -OCH3 is 2. The Labute approximate surface area is 157 Å². The van der Waals surface area contributed by atoms with Gasteiger partial charge < -0.3 is 24.8 Å². The average molecular weight is 367 g/mol. The van der Waals surface area contributed by atoms with Crippen LogP contribution in [0, 0.1) is 5.92 Å². The van der Waals surface area contributed by atoms with Crippen molar-refractivity contribution in [2.45, 2.75) is 46.0 Å². The molecule has 0 bridgehead atoms. The molecule has 0 saturated carbocycles. The molecule has 1 atom stereocenters. The van der Waals surface area contributed by atoms with E-state index >= 15 is 0 Å². The number of hydrogen-bond donors (Lipinski definition) is 2. The maximum Gasteiger partial charge on any atom is 0.319 e. The van der Waals surface area contributed by atoms with Crippen molar-refractivity contribution in [1.29, 1.82) is 0 Å². The lowest BCUT2D eigenvalue weighted by atomic mass is 10.0. The number of hydrogen-bond acceptors (Lipinski definition) is 4. The topological polar surface area (TPSA) is 68.8 Å². The molecule has 0 aliphatic rings. The first-order valence-electron chi connectivity index (χ1n) is 9.49. The molecule has 1 rings (SSSR count). The lowest BCUT2D eigenvalue weighted by molar-refractivity contribution is 0.0925. The number of carbonyl (C=O) groups excluding carboxylic acids is 1. The van der Waals surface area contributed by atoms with Crippen LogP contribution in [0.3, 0.4) is 0 Å². The van der Waals surface area contributed by atoms with Crippen molar-refractivity contribution >= 4 is 11.7 Å². The highest BCUT2D eigenvalue weighted by atomic mass is 16.5. The maximum absolute atomic E-state index is 12.0. The number of rotatable bonds is 13. The van der Waals surface area contributed by atoms with E-state index in [1.165, 1.54) is 19.3 Å². The number of urea groups is 1. The van der Waals surface area contributed by atoms with Gasteiger partial charge in [-0.25, -0.2) is 4.79 Å². The third-order valence-corrected chi connectivity index (χ3v) is 4.30. The highest BCUT2D eigenvalue weighted by Gasteiger charge is 2.09. The Balaban J connectivity index is 2.25. The molecular weight excluding hydrogens is 332 g/mol. The molecule has 148 valence electrons. The summed E-state index contributed by atoms with van der Waals surface area (Å²) in [6.07, 6.45) is 5.66. The Bertz CT molecular complexity index is 523. The van der Waals surface area contributed by atoms with Crippen LogP contribution in [0.15, 0.2) is 18.2 Å². The molecule has 0 aromatic heterocycles. The molecule has 0 radical (unpaired) electrons. The van der Waals surface area contributed by atoms with Gasteiger partial charge in [-0.1, -0.05) is 33.1 Å². The van der Waals surface area contributed by atoms with E-state index in [0.29, 0.717) is 36.3 Å². The molecule has 1 aromatic rings. The van der Waals surface area contributed by atoms with E-state index in [-0.39, 0.29) is 6.03 Å². The largest absolute Gasteiger partial charge is 0.497 e.